The van der Waals surface area contributed by atoms with Gasteiger partial charge in [-0.2, -0.15) is 5.10 Å². The Morgan fingerprint density at radius 1 is 1.28 bits per heavy atom. The summed E-state index contributed by atoms with van der Waals surface area (Å²) in [6.45, 7) is 5.18. The van der Waals surface area contributed by atoms with E-state index in [1.54, 1.807) is 19.1 Å². The van der Waals surface area contributed by atoms with E-state index in [9.17, 15) is 19.8 Å². The van der Waals surface area contributed by atoms with Gasteiger partial charge in [0.1, 0.15) is 42.4 Å². The zero-order valence-corrected chi connectivity index (χ0v) is 21.1. The maximum atomic E-state index is 12.5. The number of carbonyl (C=O) groups is 2. The van der Waals surface area contributed by atoms with Gasteiger partial charge in [-0.05, 0) is 43.7 Å². The fourth-order valence-electron chi connectivity index (χ4n) is 5.10. The molecule has 11 heteroatoms. The lowest BCUT2D eigenvalue weighted by atomic mass is 9.87. The van der Waals surface area contributed by atoms with Gasteiger partial charge in [-0.1, -0.05) is 33.1 Å². The van der Waals surface area contributed by atoms with Crippen molar-refractivity contribution in [3.8, 4) is 0 Å². The first-order chi connectivity index (χ1) is 17.1. The molecule has 36 heavy (non-hydrogen) atoms. The third kappa shape index (κ3) is 5.24. The molecular weight excluding hydrogens is 466 g/mol. The van der Waals surface area contributed by atoms with E-state index in [0.717, 1.165) is 25.7 Å². The topological polar surface area (TPSA) is 161 Å². The highest BCUT2D eigenvalue weighted by Crippen LogP contribution is 2.40. The molecule has 1 saturated carbocycles. The molecule has 0 aromatic carbocycles. The maximum absolute atomic E-state index is 12.5. The zero-order chi connectivity index (χ0) is 26.0. The summed E-state index contributed by atoms with van der Waals surface area (Å²) in [5.41, 5.74) is 5.53. The van der Waals surface area contributed by atoms with Crippen LogP contribution in [-0.2, 0) is 24.7 Å². The summed E-state index contributed by atoms with van der Waals surface area (Å²) in [6.07, 6.45) is 3.70. The first kappa shape index (κ1) is 26.5. The van der Waals surface area contributed by atoms with Gasteiger partial charge in [-0.3, -0.25) is 9.59 Å². The SMILES string of the molecule is CC(C)[C@H](N)C(=O)Nc1ncnn2c([C@]3(C)O[C@H](COC(=O)CC4CCCCC4)[C@@H](O)[C@H]3O)ccc12. The molecule has 3 heterocycles. The summed E-state index contributed by atoms with van der Waals surface area (Å²) >= 11 is 0. The Labute approximate surface area is 210 Å². The van der Waals surface area contributed by atoms with E-state index in [4.69, 9.17) is 15.2 Å². The minimum atomic E-state index is -1.35. The zero-order valence-electron chi connectivity index (χ0n) is 21.1. The monoisotopic (exact) mass is 503 g/mol. The number of esters is 1. The second-order valence-corrected chi connectivity index (χ2v) is 10.5. The second kappa shape index (κ2) is 10.8. The molecule has 5 N–H and O–H groups in total. The molecule has 0 spiro atoms. The lowest BCUT2D eigenvalue weighted by Crippen LogP contribution is -2.40. The van der Waals surface area contributed by atoms with Crippen LogP contribution in [0.2, 0.25) is 0 Å². The molecule has 11 nitrogen and oxygen atoms in total. The molecule has 1 aliphatic carbocycles. The highest BCUT2D eigenvalue weighted by molar-refractivity contribution is 5.97. The number of rotatable bonds is 8. The van der Waals surface area contributed by atoms with Gasteiger partial charge in [0.2, 0.25) is 5.91 Å². The second-order valence-electron chi connectivity index (χ2n) is 10.5. The van der Waals surface area contributed by atoms with Gasteiger partial charge in [0.25, 0.3) is 0 Å². The number of aromatic nitrogens is 3. The Morgan fingerprint density at radius 2 is 2.00 bits per heavy atom. The summed E-state index contributed by atoms with van der Waals surface area (Å²) in [6, 6.07) is 2.68. The van der Waals surface area contributed by atoms with Crippen LogP contribution in [0.4, 0.5) is 5.82 Å². The molecule has 1 amide bonds. The van der Waals surface area contributed by atoms with E-state index < -0.39 is 30.0 Å². The predicted octanol–water partition coefficient (Wildman–Crippen LogP) is 1.50. The molecule has 5 atom stereocenters. The summed E-state index contributed by atoms with van der Waals surface area (Å²) in [5.74, 6) is -0.138. The Bertz CT molecular complexity index is 1080. The number of hydrogen-bond donors (Lipinski definition) is 4. The maximum Gasteiger partial charge on any atom is 0.306 e. The Kier molecular flexibility index (Phi) is 7.93. The van der Waals surface area contributed by atoms with E-state index in [1.165, 1.54) is 17.3 Å². The Hall–Kier alpha value is -2.60. The van der Waals surface area contributed by atoms with Crippen molar-refractivity contribution >= 4 is 23.2 Å². The number of amides is 1. The average Bonchev–Trinajstić information content (AvgIpc) is 3.39. The van der Waals surface area contributed by atoms with Crippen molar-refractivity contribution in [1.29, 1.82) is 0 Å². The van der Waals surface area contributed by atoms with Gasteiger partial charge in [0.05, 0.1) is 11.7 Å². The number of anilines is 1. The first-order valence-electron chi connectivity index (χ1n) is 12.7. The normalized spacial score (nSPS) is 27.9. The van der Waals surface area contributed by atoms with Gasteiger partial charge >= 0.3 is 5.97 Å². The minimum absolute atomic E-state index is 0.0543. The van der Waals surface area contributed by atoms with Crippen LogP contribution < -0.4 is 11.1 Å². The third-order valence-electron chi connectivity index (χ3n) is 7.48. The summed E-state index contributed by atoms with van der Waals surface area (Å²) in [5, 5.41) is 28.6. The van der Waals surface area contributed by atoms with Crippen LogP contribution in [0, 0.1) is 11.8 Å². The molecule has 0 radical (unpaired) electrons. The number of fused-ring (bicyclic) bond motifs is 1. The van der Waals surface area contributed by atoms with Crippen LogP contribution in [0.15, 0.2) is 18.5 Å². The molecule has 2 aliphatic rings. The number of ether oxygens (including phenoxy) is 2. The van der Waals surface area contributed by atoms with Crippen molar-refractivity contribution in [2.45, 2.75) is 89.3 Å². The van der Waals surface area contributed by atoms with Crippen molar-refractivity contribution in [1.82, 2.24) is 14.6 Å². The van der Waals surface area contributed by atoms with Crippen LogP contribution in [-0.4, -0.2) is 67.6 Å². The van der Waals surface area contributed by atoms with Crippen LogP contribution >= 0.6 is 0 Å². The molecule has 2 fully saturated rings. The van der Waals surface area contributed by atoms with Crippen LogP contribution in [0.3, 0.4) is 0 Å². The smallest absolute Gasteiger partial charge is 0.306 e. The van der Waals surface area contributed by atoms with Gasteiger partial charge in [-0.25, -0.2) is 9.50 Å². The predicted molar refractivity (Wildman–Crippen MR) is 131 cm³/mol. The fraction of sp³-hybridized carbons (Fsp3) is 0.680. The molecule has 0 unspecified atom stereocenters. The van der Waals surface area contributed by atoms with Crippen LogP contribution in [0.1, 0.15) is 65.0 Å². The summed E-state index contributed by atoms with van der Waals surface area (Å²) < 4.78 is 13.0. The van der Waals surface area contributed by atoms with Gasteiger partial charge in [-0.15, -0.1) is 0 Å². The van der Waals surface area contributed by atoms with Crippen molar-refractivity contribution in [3.05, 3.63) is 24.2 Å². The largest absolute Gasteiger partial charge is 0.463 e. The Morgan fingerprint density at radius 3 is 2.69 bits per heavy atom. The number of nitrogens with two attached hydrogens (primary N) is 1. The standard InChI is InChI=1S/C25H37N5O6/c1-14(2)20(26)24(34)29-23-16-9-10-18(30(16)28-13-27-23)25(3)22(33)21(32)17(36-25)12-35-19(31)11-15-7-5-4-6-8-15/h9-10,13-15,17,20-22,32-33H,4-8,11-12,26H2,1-3H3,(H,27,28,29,34)/t17-,20+,21-,22-,25+/m1/s1. The van der Waals surface area contributed by atoms with E-state index in [2.05, 4.69) is 15.4 Å². The number of nitrogens with one attached hydrogen (secondary N) is 1. The molecule has 1 saturated heterocycles. The molecule has 2 aromatic rings. The van der Waals surface area contributed by atoms with E-state index in [0.29, 0.717) is 23.5 Å². The van der Waals surface area contributed by atoms with Crippen molar-refractivity contribution in [2.24, 2.45) is 17.6 Å². The van der Waals surface area contributed by atoms with E-state index in [1.807, 2.05) is 13.8 Å². The third-order valence-corrected chi connectivity index (χ3v) is 7.48. The summed E-state index contributed by atoms with van der Waals surface area (Å²) in [4.78, 5) is 29.0. The first-order valence-corrected chi connectivity index (χ1v) is 12.7. The number of hydrogen-bond acceptors (Lipinski definition) is 9. The molecule has 4 rings (SSSR count). The molecule has 0 bridgehead atoms. The number of nitrogens with zero attached hydrogens (tertiary/aromatic N) is 3. The van der Waals surface area contributed by atoms with Gasteiger partial charge in [0, 0.05) is 6.42 Å². The minimum Gasteiger partial charge on any atom is -0.463 e. The molecule has 2 aromatic heterocycles. The van der Waals surface area contributed by atoms with Crippen molar-refractivity contribution in [2.75, 3.05) is 11.9 Å². The molecular formula is C25H37N5O6. The highest BCUT2D eigenvalue weighted by Gasteiger charge is 2.54. The van der Waals surface area contributed by atoms with E-state index in [-0.39, 0.29) is 30.2 Å². The fourth-order valence-corrected chi connectivity index (χ4v) is 5.10. The highest BCUT2D eigenvalue weighted by atomic mass is 16.6. The lowest BCUT2D eigenvalue weighted by molar-refractivity contribution is -0.153. The number of aliphatic hydroxyl groups excluding tert-OH is 2. The number of carbonyl (C=O) groups excluding carboxylic acids is 2. The van der Waals surface area contributed by atoms with Crippen molar-refractivity contribution in [3.63, 3.8) is 0 Å². The van der Waals surface area contributed by atoms with Crippen LogP contribution in [0.5, 0.6) is 0 Å². The van der Waals surface area contributed by atoms with Crippen LogP contribution in [0.25, 0.3) is 5.52 Å². The van der Waals surface area contributed by atoms with Gasteiger partial charge < -0.3 is 30.7 Å². The lowest BCUT2D eigenvalue weighted by Gasteiger charge is -2.27. The quantitative estimate of drug-likeness (QED) is 0.391. The summed E-state index contributed by atoms with van der Waals surface area (Å²) in [7, 11) is 0. The average molecular weight is 504 g/mol. The molecule has 1 aliphatic heterocycles. The number of aliphatic hydroxyl groups is 2. The van der Waals surface area contributed by atoms with Crippen molar-refractivity contribution < 1.29 is 29.3 Å². The van der Waals surface area contributed by atoms with Gasteiger partial charge in [0.15, 0.2) is 5.82 Å². The molecule has 198 valence electrons. The van der Waals surface area contributed by atoms with E-state index >= 15 is 0 Å². The Balaban J connectivity index is 1.47.